The zero-order chi connectivity index (χ0) is 10.7. The van der Waals surface area contributed by atoms with Crippen molar-refractivity contribution < 1.29 is 18.3 Å². The molecule has 0 aliphatic heterocycles. The average molecular weight is 241 g/mol. The molecule has 0 saturated carbocycles. The number of hydrogen-bond donors (Lipinski definition) is 0. The van der Waals surface area contributed by atoms with E-state index in [-0.39, 0.29) is 21.4 Å². The molecule has 0 saturated heterocycles. The van der Waals surface area contributed by atoms with Crippen LogP contribution in [-0.2, 0) is 0 Å². The van der Waals surface area contributed by atoms with Crippen LogP contribution in [0.5, 0.6) is 5.75 Å². The quantitative estimate of drug-likeness (QED) is 0.758. The molecule has 6 heteroatoms. The lowest BCUT2D eigenvalue weighted by atomic mass is 10.2. The van der Waals surface area contributed by atoms with Gasteiger partial charge in [0.05, 0.1) is 10.0 Å². The Kier molecular flexibility index (Phi) is 3.66. The Labute approximate surface area is 88.4 Å². The Balaban J connectivity index is 3.09. The van der Waals surface area contributed by atoms with Crippen molar-refractivity contribution in [1.29, 1.82) is 0 Å². The van der Waals surface area contributed by atoms with Gasteiger partial charge < -0.3 is 4.74 Å². The SMILES string of the molecule is O=Cc1cc(OC(F)F)cc(Cl)c1Cl. The molecular weight excluding hydrogens is 237 g/mol. The predicted molar refractivity (Wildman–Crippen MR) is 48.5 cm³/mol. The highest BCUT2D eigenvalue weighted by molar-refractivity contribution is 6.43. The third-order valence-electron chi connectivity index (χ3n) is 1.38. The number of benzene rings is 1. The lowest BCUT2D eigenvalue weighted by Crippen LogP contribution is -2.02. The second-order valence-corrected chi connectivity index (χ2v) is 3.09. The molecule has 0 radical (unpaired) electrons. The van der Waals surface area contributed by atoms with E-state index in [4.69, 9.17) is 23.2 Å². The summed E-state index contributed by atoms with van der Waals surface area (Å²) < 4.78 is 27.7. The van der Waals surface area contributed by atoms with Crippen molar-refractivity contribution in [3.8, 4) is 5.75 Å². The van der Waals surface area contributed by atoms with Gasteiger partial charge in [-0.25, -0.2) is 0 Å². The van der Waals surface area contributed by atoms with Crippen molar-refractivity contribution in [2.75, 3.05) is 0 Å². The highest BCUT2D eigenvalue weighted by Gasteiger charge is 2.10. The fourth-order valence-corrected chi connectivity index (χ4v) is 1.21. The van der Waals surface area contributed by atoms with Gasteiger partial charge in [0.2, 0.25) is 0 Å². The first kappa shape index (κ1) is 11.2. The van der Waals surface area contributed by atoms with Gasteiger partial charge in [-0.1, -0.05) is 23.2 Å². The number of carbonyl (C=O) groups is 1. The summed E-state index contributed by atoms with van der Waals surface area (Å²) >= 11 is 11.2. The van der Waals surface area contributed by atoms with Crippen molar-refractivity contribution in [2.24, 2.45) is 0 Å². The highest BCUT2D eigenvalue weighted by Crippen LogP contribution is 2.30. The molecule has 0 fully saturated rings. The standard InChI is InChI=1S/C8H4Cl2F2O2/c9-6-2-5(14-8(11)12)1-4(3-13)7(6)10/h1-3,8H. The summed E-state index contributed by atoms with van der Waals surface area (Å²) in [6, 6.07) is 2.20. The molecule has 76 valence electrons. The van der Waals surface area contributed by atoms with Crippen LogP contribution in [0.1, 0.15) is 10.4 Å². The van der Waals surface area contributed by atoms with Crippen LogP contribution in [0, 0.1) is 0 Å². The van der Waals surface area contributed by atoms with Crippen LogP contribution in [0.3, 0.4) is 0 Å². The molecule has 0 aliphatic rings. The molecule has 0 N–H and O–H groups in total. The molecule has 1 aromatic rings. The minimum atomic E-state index is -2.97. The largest absolute Gasteiger partial charge is 0.435 e. The van der Waals surface area contributed by atoms with E-state index in [0.717, 1.165) is 12.1 Å². The Morgan fingerprint density at radius 1 is 1.36 bits per heavy atom. The summed E-state index contributed by atoms with van der Waals surface area (Å²) in [5, 5.41) is 0.00944. The summed E-state index contributed by atoms with van der Waals surface area (Å²) in [4.78, 5) is 10.4. The van der Waals surface area contributed by atoms with Crippen molar-refractivity contribution in [1.82, 2.24) is 0 Å². The van der Waals surface area contributed by atoms with Crippen molar-refractivity contribution in [3.63, 3.8) is 0 Å². The van der Waals surface area contributed by atoms with E-state index in [9.17, 15) is 13.6 Å². The molecule has 0 unspecified atom stereocenters. The van der Waals surface area contributed by atoms with Gasteiger partial charge in [0.15, 0.2) is 6.29 Å². The van der Waals surface area contributed by atoms with Gasteiger partial charge in [-0.15, -0.1) is 0 Å². The molecule has 0 atom stereocenters. The number of hydrogen-bond acceptors (Lipinski definition) is 2. The first-order valence-electron chi connectivity index (χ1n) is 3.43. The smallest absolute Gasteiger partial charge is 0.387 e. The third kappa shape index (κ3) is 2.56. The molecule has 0 aromatic heterocycles. The number of halogens is 4. The topological polar surface area (TPSA) is 26.3 Å². The summed E-state index contributed by atoms with van der Waals surface area (Å²) in [7, 11) is 0. The van der Waals surface area contributed by atoms with Crippen LogP contribution in [0.4, 0.5) is 8.78 Å². The molecule has 0 spiro atoms. The molecule has 0 aliphatic carbocycles. The molecule has 0 bridgehead atoms. The van der Waals surface area contributed by atoms with Gasteiger partial charge in [-0.3, -0.25) is 4.79 Å². The van der Waals surface area contributed by atoms with E-state index < -0.39 is 6.61 Å². The molecular formula is C8H4Cl2F2O2. The minimum absolute atomic E-state index is 0.00748. The monoisotopic (exact) mass is 240 g/mol. The first-order chi connectivity index (χ1) is 6.54. The van der Waals surface area contributed by atoms with Crippen LogP contribution < -0.4 is 4.74 Å². The van der Waals surface area contributed by atoms with Crippen LogP contribution in [0.2, 0.25) is 10.0 Å². The van der Waals surface area contributed by atoms with E-state index >= 15 is 0 Å². The fraction of sp³-hybridized carbons (Fsp3) is 0.125. The second kappa shape index (κ2) is 4.57. The number of alkyl halides is 2. The van der Waals surface area contributed by atoms with Gasteiger partial charge in [0.1, 0.15) is 5.75 Å². The van der Waals surface area contributed by atoms with Crippen molar-refractivity contribution >= 4 is 29.5 Å². The summed E-state index contributed by atoms with van der Waals surface area (Å²) in [5.41, 5.74) is 0.00909. The maximum Gasteiger partial charge on any atom is 0.387 e. The number of carbonyl (C=O) groups excluding carboxylic acids is 1. The van der Waals surface area contributed by atoms with Gasteiger partial charge in [0.25, 0.3) is 0 Å². The Morgan fingerprint density at radius 3 is 2.50 bits per heavy atom. The zero-order valence-corrected chi connectivity index (χ0v) is 8.15. The van der Waals surface area contributed by atoms with Crippen LogP contribution in [0.15, 0.2) is 12.1 Å². The highest BCUT2D eigenvalue weighted by atomic mass is 35.5. The van der Waals surface area contributed by atoms with E-state index in [1.165, 1.54) is 0 Å². The lowest BCUT2D eigenvalue weighted by Gasteiger charge is -2.06. The minimum Gasteiger partial charge on any atom is -0.435 e. The van der Waals surface area contributed by atoms with Crippen molar-refractivity contribution in [2.45, 2.75) is 6.61 Å². The van der Waals surface area contributed by atoms with Gasteiger partial charge in [-0.2, -0.15) is 8.78 Å². The maximum absolute atomic E-state index is 11.8. The summed E-state index contributed by atoms with van der Waals surface area (Å²) in [5.74, 6) is -0.198. The normalized spacial score (nSPS) is 10.4. The molecule has 0 amide bonds. The Hall–Kier alpha value is -0.870. The maximum atomic E-state index is 11.8. The molecule has 1 rings (SSSR count). The lowest BCUT2D eigenvalue weighted by molar-refractivity contribution is -0.0498. The molecule has 14 heavy (non-hydrogen) atoms. The zero-order valence-electron chi connectivity index (χ0n) is 6.64. The Bertz CT molecular complexity index is 355. The van der Waals surface area contributed by atoms with Crippen LogP contribution >= 0.6 is 23.2 Å². The predicted octanol–water partition coefficient (Wildman–Crippen LogP) is 3.41. The summed E-state index contributed by atoms with van der Waals surface area (Å²) in [6.07, 6.45) is 0.409. The van der Waals surface area contributed by atoms with E-state index in [0.29, 0.717) is 6.29 Å². The first-order valence-corrected chi connectivity index (χ1v) is 4.19. The van der Waals surface area contributed by atoms with E-state index in [1.54, 1.807) is 0 Å². The Morgan fingerprint density at radius 2 is 2.00 bits per heavy atom. The van der Waals surface area contributed by atoms with Crippen molar-refractivity contribution in [3.05, 3.63) is 27.7 Å². The number of rotatable bonds is 3. The third-order valence-corrected chi connectivity index (χ3v) is 2.20. The van der Waals surface area contributed by atoms with Gasteiger partial charge in [0, 0.05) is 11.6 Å². The molecule has 2 nitrogen and oxygen atoms in total. The fourth-order valence-electron chi connectivity index (χ4n) is 0.841. The second-order valence-electron chi connectivity index (χ2n) is 2.30. The van der Waals surface area contributed by atoms with E-state index in [1.807, 2.05) is 0 Å². The molecule has 1 aromatic carbocycles. The average Bonchev–Trinajstić information content (AvgIpc) is 2.10. The summed E-state index contributed by atoms with van der Waals surface area (Å²) in [6.45, 7) is -2.97. The number of ether oxygens (including phenoxy) is 1. The van der Waals surface area contributed by atoms with Crippen LogP contribution in [-0.4, -0.2) is 12.9 Å². The van der Waals surface area contributed by atoms with Crippen LogP contribution in [0.25, 0.3) is 0 Å². The number of aldehydes is 1. The van der Waals surface area contributed by atoms with Gasteiger partial charge in [-0.05, 0) is 6.07 Å². The van der Waals surface area contributed by atoms with Gasteiger partial charge >= 0.3 is 6.61 Å². The van der Waals surface area contributed by atoms with E-state index in [2.05, 4.69) is 4.74 Å². The molecule has 0 heterocycles.